The highest BCUT2D eigenvalue weighted by molar-refractivity contribution is 7.91. The number of carbonyl (C=O) groups is 2. The molecule has 26 heavy (non-hydrogen) atoms. The minimum Gasteiger partial charge on any atom is -0.351 e. The molecule has 2 N–H and O–H groups in total. The van der Waals surface area contributed by atoms with Crippen molar-refractivity contribution in [2.24, 2.45) is 0 Å². The van der Waals surface area contributed by atoms with E-state index in [1.54, 1.807) is 19.1 Å². The van der Waals surface area contributed by atoms with Crippen LogP contribution in [0.15, 0.2) is 24.3 Å². The van der Waals surface area contributed by atoms with Gasteiger partial charge in [-0.15, -0.1) is 0 Å². The fourth-order valence-corrected chi connectivity index (χ4v) is 4.75. The molecule has 0 saturated carbocycles. The number of halogens is 1. The molecule has 7 nitrogen and oxygen atoms in total. The monoisotopic (exact) mass is 381 g/mol. The second-order valence-corrected chi connectivity index (χ2v) is 8.63. The van der Waals surface area contributed by atoms with Gasteiger partial charge in [0.05, 0.1) is 18.1 Å². The molecule has 0 unspecified atom stereocenters. The SMILES string of the molecule is CCN(CC(=O)N[C@H]1CCS(=O)(=O)C1)C(=O)c1cc2cc(F)ccc2[nH]1. The molecule has 9 heteroatoms. The topological polar surface area (TPSA) is 99.3 Å². The molecule has 0 spiro atoms. The van der Waals surface area contributed by atoms with Crippen molar-refractivity contribution < 1.29 is 22.4 Å². The first-order chi connectivity index (χ1) is 12.3. The molecular weight excluding hydrogens is 361 g/mol. The van der Waals surface area contributed by atoms with E-state index in [1.807, 2.05) is 0 Å². The first kappa shape index (κ1) is 18.4. The molecule has 0 bridgehead atoms. The van der Waals surface area contributed by atoms with Gasteiger partial charge in [-0.25, -0.2) is 12.8 Å². The summed E-state index contributed by atoms with van der Waals surface area (Å²) in [6.45, 7) is 1.88. The van der Waals surface area contributed by atoms with Crippen molar-refractivity contribution in [1.29, 1.82) is 0 Å². The Morgan fingerprint density at radius 2 is 2.12 bits per heavy atom. The second-order valence-electron chi connectivity index (χ2n) is 6.40. The summed E-state index contributed by atoms with van der Waals surface area (Å²) >= 11 is 0. The van der Waals surface area contributed by atoms with Gasteiger partial charge in [0.1, 0.15) is 11.5 Å². The minimum atomic E-state index is -3.08. The van der Waals surface area contributed by atoms with E-state index in [-0.39, 0.29) is 29.7 Å². The number of hydrogen-bond donors (Lipinski definition) is 2. The Kier molecular flexibility index (Phi) is 4.99. The molecule has 1 saturated heterocycles. The van der Waals surface area contributed by atoms with Crippen molar-refractivity contribution in [3.8, 4) is 0 Å². The standard InChI is InChI=1S/C17H20FN3O4S/c1-2-21(9-16(22)19-13-5-6-26(24,25)10-13)17(23)15-8-11-7-12(18)3-4-14(11)20-15/h3-4,7-8,13,20H,2,5-6,9-10H2,1H3,(H,19,22)/t13-/m0/s1. The van der Waals surface area contributed by atoms with Gasteiger partial charge in [0, 0.05) is 23.5 Å². The summed E-state index contributed by atoms with van der Waals surface area (Å²) in [4.78, 5) is 29.1. The van der Waals surface area contributed by atoms with E-state index in [1.165, 1.54) is 17.0 Å². The highest BCUT2D eigenvalue weighted by Crippen LogP contribution is 2.18. The van der Waals surface area contributed by atoms with E-state index < -0.39 is 27.6 Å². The molecule has 1 atom stereocenters. The van der Waals surface area contributed by atoms with Gasteiger partial charge in [-0.2, -0.15) is 0 Å². The third kappa shape index (κ3) is 4.04. The van der Waals surface area contributed by atoms with Crippen molar-refractivity contribution >= 4 is 32.6 Å². The molecule has 1 aromatic heterocycles. The zero-order chi connectivity index (χ0) is 18.9. The molecule has 1 aromatic carbocycles. The summed E-state index contributed by atoms with van der Waals surface area (Å²) in [7, 11) is -3.08. The average molecular weight is 381 g/mol. The van der Waals surface area contributed by atoms with E-state index in [0.717, 1.165) is 0 Å². The number of nitrogens with zero attached hydrogens (tertiary/aromatic N) is 1. The highest BCUT2D eigenvalue weighted by atomic mass is 32.2. The average Bonchev–Trinajstić information content (AvgIpc) is 3.14. The Bertz CT molecular complexity index is 954. The van der Waals surface area contributed by atoms with Gasteiger partial charge < -0.3 is 15.2 Å². The van der Waals surface area contributed by atoms with Crippen LogP contribution in [0.5, 0.6) is 0 Å². The number of rotatable bonds is 5. The van der Waals surface area contributed by atoms with Crippen LogP contribution in [0, 0.1) is 5.82 Å². The largest absolute Gasteiger partial charge is 0.351 e. The smallest absolute Gasteiger partial charge is 0.270 e. The number of nitrogens with one attached hydrogen (secondary N) is 2. The van der Waals surface area contributed by atoms with Crippen LogP contribution >= 0.6 is 0 Å². The van der Waals surface area contributed by atoms with Crippen LogP contribution in [-0.4, -0.2) is 60.8 Å². The van der Waals surface area contributed by atoms with Crippen LogP contribution in [0.1, 0.15) is 23.8 Å². The van der Waals surface area contributed by atoms with Crippen LogP contribution in [0.2, 0.25) is 0 Å². The minimum absolute atomic E-state index is 0.0631. The van der Waals surface area contributed by atoms with Crippen LogP contribution in [-0.2, 0) is 14.6 Å². The number of likely N-dealkylation sites (N-methyl/N-ethyl adjacent to an activating group) is 1. The fourth-order valence-electron chi connectivity index (χ4n) is 3.07. The molecule has 2 aromatic rings. The second kappa shape index (κ2) is 7.06. The van der Waals surface area contributed by atoms with Crippen LogP contribution in [0.4, 0.5) is 4.39 Å². The molecule has 0 radical (unpaired) electrons. The summed E-state index contributed by atoms with van der Waals surface area (Å²) in [5, 5.41) is 3.24. The van der Waals surface area contributed by atoms with E-state index in [9.17, 15) is 22.4 Å². The van der Waals surface area contributed by atoms with E-state index in [0.29, 0.717) is 23.9 Å². The van der Waals surface area contributed by atoms with Gasteiger partial charge in [0.25, 0.3) is 5.91 Å². The summed E-state index contributed by atoms with van der Waals surface area (Å²) in [6.07, 6.45) is 0.391. The molecule has 0 aliphatic carbocycles. The van der Waals surface area contributed by atoms with Crippen molar-refractivity contribution in [1.82, 2.24) is 15.2 Å². The van der Waals surface area contributed by atoms with Crippen molar-refractivity contribution in [3.63, 3.8) is 0 Å². The molecular formula is C17H20FN3O4S. The van der Waals surface area contributed by atoms with E-state index >= 15 is 0 Å². The predicted molar refractivity (Wildman–Crippen MR) is 95.0 cm³/mol. The normalized spacial score (nSPS) is 18.8. The first-order valence-corrected chi connectivity index (χ1v) is 10.2. The zero-order valence-corrected chi connectivity index (χ0v) is 15.1. The Labute approximate surface area is 150 Å². The zero-order valence-electron chi connectivity index (χ0n) is 14.3. The Morgan fingerprint density at radius 1 is 1.35 bits per heavy atom. The van der Waals surface area contributed by atoms with Gasteiger partial charge >= 0.3 is 0 Å². The molecule has 1 fully saturated rings. The maximum atomic E-state index is 13.3. The lowest BCUT2D eigenvalue weighted by Crippen LogP contribution is -2.44. The molecule has 1 aliphatic rings. The molecule has 3 rings (SSSR count). The van der Waals surface area contributed by atoms with Crippen LogP contribution in [0.25, 0.3) is 10.9 Å². The summed E-state index contributed by atoms with van der Waals surface area (Å²) in [6, 6.07) is 5.31. The maximum Gasteiger partial charge on any atom is 0.270 e. The van der Waals surface area contributed by atoms with Crippen LogP contribution in [0.3, 0.4) is 0 Å². The van der Waals surface area contributed by atoms with E-state index in [2.05, 4.69) is 10.3 Å². The Morgan fingerprint density at radius 3 is 2.77 bits per heavy atom. The highest BCUT2D eigenvalue weighted by Gasteiger charge is 2.29. The van der Waals surface area contributed by atoms with Gasteiger partial charge in [0.2, 0.25) is 5.91 Å². The van der Waals surface area contributed by atoms with Gasteiger partial charge in [-0.3, -0.25) is 9.59 Å². The molecule has 2 heterocycles. The van der Waals surface area contributed by atoms with Gasteiger partial charge in [-0.05, 0) is 37.6 Å². The van der Waals surface area contributed by atoms with Crippen molar-refractivity contribution in [2.45, 2.75) is 19.4 Å². The first-order valence-electron chi connectivity index (χ1n) is 8.35. The Balaban J connectivity index is 1.67. The van der Waals surface area contributed by atoms with E-state index in [4.69, 9.17) is 0 Å². The quantitative estimate of drug-likeness (QED) is 0.809. The van der Waals surface area contributed by atoms with Gasteiger partial charge in [0.15, 0.2) is 9.84 Å². The number of carbonyl (C=O) groups excluding carboxylic acids is 2. The fraction of sp³-hybridized carbons (Fsp3) is 0.412. The lowest BCUT2D eigenvalue weighted by molar-refractivity contribution is -0.122. The summed E-state index contributed by atoms with van der Waals surface area (Å²) in [5.41, 5.74) is 0.898. The maximum absolute atomic E-state index is 13.3. The van der Waals surface area contributed by atoms with Crippen LogP contribution < -0.4 is 5.32 Å². The molecule has 1 aliphatic heterocycles. The number of fused-ring (bicyclic) bond motifs is 1. The predicted octanol–water partition coefficient (Wildman–Crippen LogP) is 1.07. The number of benzene rings is 1. The number of sulfone groups is 1. The Hall–Kier alpha value is -2.42. The summed E-state index contributed by atoms with van der Waals surface area (Å²) in [5.74, 6) is -1.16. The van der Waals surface area contributed by atoms with Gasteiger partial charge in [-0.1, -0.05) is 0 Å². The summed E-state index contributed by atoms with van der Waals surface area (Å²) < 4.78 is 36.2. The third-order valence-corrected chi connectivity index (χ3v) is 6.18. The number of hydrogen-bond acceptors (Lipinski definition) is 4. The van der Waals surface area contributed by atoms with Crippen molar-refractivity contribution in [3.05, 3.63) is 35.8 Å². The lowest BCUT2D eigenvalue weighted by Gasteiger charge is -2.21. The number of aromatic nitrogens is 1. The lowest BCUT2D eigenvalue weighted by atomic mass is 10.2. The van der Waals surface area contributed by atoms with Crippen molar-refractivity contribution in [2.75, 3.05) is 24.6 Å². The number of amides is 2. The number of aromatic amines is 1. The molecule has 2 amide bonds. The molecule has 140 valence electrons. The third-order valence-electron chi connectivity index (χ3n) is 4.41. The number of H-pyrrole nitrogens is 1.